The summed E-state index contributed by atoms with van der Waals surface area (Å²) < 4.78 is 11.8. The number of thiazole rings is 1. The van der Waals surface area contributed by atoms with Crippen molar-refractivity contribution in [2.45, 2.75) is 6.61 Å². The number of hydrogen-bond acceptors (Lipinski definition) is 4. The van der Waals surface area contributed by atoms with Gasteiger partial charge in [-0.05, 0) is 58.4 Å². The van der Waals surface area contributed by atoms with Crippen molar-refractivity contribution in [1.82, 2.24) is 4.98 Å². The monoisotopic (exact) mass is 409 g/mol. The van der Waals surface area contributed by atoms with Crippen molar-refractivity contribution in [3.05, 3.63) is 63.0 Å². The van der Waals surface area contributed by atoms with Gasteiger partial charge in [-0.2, -0.15) is 0 Å². The van der Waals surface area contributed by atoms with E-state index in [1.54, 1.807) is 30.6 Å². The Bertz CT molecular complexity index is 805. The smallest absolute Gasteiger partial charge is 0.134 e. The molecule has 0 bridgehead atoms. The molecule has 6 heteroatoms. The van der Waals surface area contributed by atoms with Gasteiger partial charge in [-0.15, -0.1) is 11.3 Å². The van der Waals surface area contributed by atoms with Crippen LogP contribution in [-0.4, -0.2) is 12.1 Å². The summed E-state index contributed by atoms with van der Waals surface area (Å²) in [6.07, 6.45) is 0. The molecular formula is C17H13BrClNO2S. The minimum absolute atomic E-state index is 0.410. The predicted molar refractivity (Wildman–Crippen MR) is 97.6 cm³/mol. The molecule has 0 N–H and O–H groups in total. The lowest BCUT2D eigenvalue weighted by atomic mass is 10.2. The number of ether oxygens (including phenoxy) is 2. The molecule has 0 saturated heterocycles. The quantitative estimate of drug-likeness (QED) is 0.531. The van der Waals surface area contributed by atoms with E-state index in [-0.39, 0.29) is 0 Å². The molecule has 0 amide bonds. The van der Waals surface area contributed by atoms with Crippen molar-refractivity contribution in [3.8, 4) is 22.1 Å². The molecule has 23 heavy (non-hydrogen) atoms. The van der Waals surface area contributed by atoms with Gasteiger partial charge >= 0.3 is 0 Å². The molecule has 0 aliphatic carbocycles. The predicted octanol–water partition coefficient (Wildman–Crippen LogP) is 5.81. The summed E-state index contributed by atoms with van der Waals surface area (Å²) in [7, 11) is 1.66. The van der Waals surface area contributed by atoms with E-state index in [1.807, 2.05) is 35.7 Å². The van der Waals surface area contributed by atoms with Gasteiger partial charge in [0.2, 0.25) is 0 Å². The number of aromatic nitrogens is 1. The second-order valence-corrected chi connectivity index (χ2v) is 6.88. The highest BCUT2D eigenvalue weighted by atomic mass is 79.9. The van der Waals surface area contributed by atoms with Crippen molar-refractivity contribution in [2.24, 2.45) is 0 Å². The molecule has 3 rings (SSSR count). The van der Waals surface area contributed by atoms with Gasteiger partial charge < -0.3 is 9.47 Å². The first-order chi connectivity index (χ1) is 11.2. The van der Waals surface area contributed by atoms with Gasteiger partial charge in [0.1, 0.15) is 23.1 Å². The average Bonchev–Trinajstić information content (AvgIpc) is 3.03. The van der Waals surface area contributed by atoms with Crippen LogP contribution in [0.15, 0.2) is 52.3 Å². The molecular weight excluding hydrogens is 398 g/mol. The van der Waals surface area contributed by atoms with E-state index in [4.69, 9.17) is 21.1 Å². The van der Waals surface area contributed by atoms with Crippen molar-refractivity contribution in [1.29, 1.82) is 0 Å². The zero-order valence-corrected chi connectivity index (χ0v) is 15.4. The number of hydrogen-bond donors (Lipinski definition) is 0. The largest absolute Gasteiger partial charge is 0.497 e. The Morgan fingerprint density at radius 1 is 1.17 bits per heavy atom. The number of methoxy groups -OCH3 is 1. The summed E-state index contributed by atoms with van der Waals surface area (Å²) in [5.41, 5.74) is 1.96. The van der Waals surface area contributed by atoms with Crippen molar-refractivity contribution in [2.75, 3.05) is 7.11 Å². The summed E-state index contributed by atoms with van der Waals surface area (Å²) >= 11 is 11.0. The van der Waals surface area contributed by atoms with Gasteiger partial charge in [0, 0.05) is 16.0 Å². The molecule has 118 valence electrons. The zero-order chi connectivity index (χ0) is 16.2. The lowest BCUT2D eigenvalue weighted by molar-refractivity contribution is 0.300. The fraction of sp³-hybridized carbons (Fsp3) is 0.118. The van der Waals surface area contributed by atoms with Crippen LogP contribution in [0.5, 0.6) is 11.5 Å². The molecule has 3 nitrogen and oxygen atoms in total. The Kier molecular flexibility index (Phi) is 5.20. The van der Waals surface area contributed by atoms with Crippen molar-refractivity contribution >= 4 is 38.9 Å². The van der Waals surface area contributed by atoms with E-state index < -0.39 is 0 Å². The minimum atomic E-state index is 0.410. The third-order valence-corrected chi connectivity index (χ3v) is 4.95. The average molecular weight is 411 g/mol. The Morgan fingerprint density at radius 2 is 1.96 bits per heavy atom. The van der Waals surface area contributed by atoms with Crippen LogP contribution in [0.3, 0.4) is 0 Å². The molecule has 0 saturated carbocycles. The maximum Gasteiger partial charge on any atom is 0.134 e. The second kappa shape index (κ2) is 7.34. The summed E-state index contributed by atoms with van der Waals surface area (Å²) in [5.74, 6) is 1.58. The highest BCUT2D eigenvalue weighted by molar-refractivity contribution is 9.10. The Hall–Kier alpha value is -1.56. The Labute approximate surface area is 152 Å². The Balaban J connectivity index is 1.69. The number of halogens is 2. The maximum atomic E-state index is 5.92. The molecule has 0 spiro atoms. The molecule has 0 radical (unpaired) electrons. The van der Waals surface area contributed by atoms with E-state index in [9.17, 15) is 0 Å². The fourth-order valence-electron chi connectivity index (χ4n) is 1.98. The molecule has 0 aliphatic heterocycles. The van der Waals surface area contributed by atoms with Gasteiger partial charge in [0.15, 0.2) is 0 Å². The standard InChI is InChI=1S/C17H13BrClNO2S/c1-21-14-5-2-11(3-6-14)17-20-13(10-23-17)9-22-16-7-4-12(19)8-15(16)18/h2-8,10H,9H2,1H3. The van der Waals surface area contributed by atoms with Crippen LogP contribution in [0.4, 0.5) is 0 Å². The molecule has 0 atom stereocenters. The topological polar surface area (TPSA) is 31.4 Å². The van der Waals surface area contributed by atoms with E-state index >= 15 is 0 Å². The van der Waals surface area contributed by atoms with Crippen molar-refractivity contribution < 1.29 is 9.47 Å². The first-order valence-corrected chi connectivity index (χ1v) is 8.87. The Morgan fingerprint density at radius 3 is 2.65 bits per heavy atom. The van der Waals surface area contributed by atoms with E-state index in [1.165, 1.54) is 0 Å². The summed E-state index contributed by atoms with van der Waals surface area (Å²) in [5, 5.41) is 3.63. The van der Waals surface area contributed by atoms with Gasteiger partial charge in [0.25, 0.3) is 0 Å². The highest BCUT2D eigenvalue weighted by Crippen LogP contribution is 2.30. The normalized spacial score (nSPS) is 10.6. The minimum Gasteiger partial charge on any atom is -0.497 e. The second-order valence-electron chi connectivity index (χ2n) is 4.74. The lowest BCUT2D eigenvalue weighted by Gasteiger charge is -2.06. The van der Waals surface area contributed by atoms with E-state index in [2.05, 4.69) is 20.9 Å². The van der Waals surface area contributed by atoms with Crippen LogP contribution in [0, 0.1) is 0 Å². The van der Waals surface area contributed by atoms with Gasteiger partial charge in [-0.1, -0.05) is 11.6 Å². The molecule has 0 unspecified atom stereocenters. The number of rotatable bonds is 5. The van der Waals surface area contributed by atoms with Crippen LogP contribution >= 0.6 is 38.9 Å². The first kappa shape index (κ1) is 16.3. The molecule has 0 fully saturated rings. The fourth-order valence-corrected chi connectivity index (χ4v) is 3.59. The van der Waals surface area contributed by atoms with E-state index in [0.717, 1.165) is 32.2 Å². The van der Waals surface area contributed by atoms with Crippen molar-refractivity contribution in [3.63, 3.8) is 0 Å². The first-order valence-electron chi connectivity index (χ1n) is 6.82. The van der Waals surface area contributed by atoms with Gasteiger partial charge in [-0.25, -0.2) is 4.98 Å². The molecule has 0 aliphatic rings. The number of nitrogens with zero attached hydrogens (tertiary/aromatic N) is 1. The third kappa shape index (κ3) is 4.05. The lowest BCUT2D eigenvalue weighted by Crippen LogP contribution is -1.96. The maximum absolute atomic E-state index is 5.92. The molecule has 3 aromatic rings. The summed E-state index contributed by atoms with van der Waals surface area (Å²) in [6, 6.07) is 13.3. The molecule has 1 aromatic heterocycles. The molecule has 1 heterocycles. The SMILES string of the molecule is COc1ccc(-c2nc(COc3ccc(Cl)cc3Br)cs2)cc1. The number of benzene rings is 2. The van der Waals surface area contributed by atoms with Crippen LogP contribution in [0.25, 0.3) is 10.6 Å². The summed E-state index contributed by atoms with van der Waals surface area (Å²) in [4.78, 5) is 4.61. The van der Waals surface area contributed by atoms with Crippen LogP contribution in [0.1, 0.15) is 5.69 Å². The van der Waals surface area contributed by atoms with Crippen LogP contribution in [0.2, 0.25) is 5.02 Å². The third-order valence-electron chi connectivity index (χ3n) is 3.16. The zero-order valence-electron chi connectivity index (χ0n) is 12.3. The van der Waals surface area contributed by atoms with E-state index in [0.29, 0.717) is 11.6 Å². The highest BCUT2D eigenvalue weighted by Gasteiger charge is 2.07. The molecule has 2 aromatic carbocycles. The van der Waals surface area contributed by atoms with Gasteiger partial charge in [0.05, 0.1) is 17.3 Å². The van der Waals surface area contributed by atoms with Crippen LogP contribution < -0.4 is 9.47 Å². The summed E-state index contributed by atoms with van der Waals surface area (Å²) in [6.45, 7) is 0.410. The van der Waals surface area contributed by atoms with Crippen LogP contribution in [-0.2, 0) is 6.61 Å². The van der Waals surface area contributed by atoms with Gasteiger partial charge in [-0.3, -0.25) is 0 Å².